The molecule has 1 unspecified atom stereocenters. The highest BCUT2D eigenvalue weighted by molar-refractivity contribution is 6.01. The second-order valence-electron chi connectivity index (χ2n) is 8.35. The van der Waals surface area contributed by atoms with E-state index in [9.17, 15) is 10.0 Å². The number of pyridine rings is 1. The Morgan fingerprint density at radius 1 is 0.882 bits per heavy atom. The molecule has 0 aliphatic heterocycles. The molecule has 0 spiro atoms. The van der Waals surface area contributed by atoms with Gasteiger partial charge in [-0.05, 0) is 65.9 Å². The lowest BCUT2D eigenvalue weighted by molar-refractivity contribution is 0.0697. The molecule has 0 aliphatic rings. The van der Waals surface area contributed by atoms with E-state index in [2.05, 4.69) is 41.3 Å². The van der Waals surface area contributed by atoms with Gasteiger partial charge in [-0.25, -0.2) is 4.79 Å². The van der Waals surface area contributed by atoms with Crippen molar-refractivity contribution in [3.05, 3.63) is 125 Å². The molecule has 0 saturated carbocycles. The molecule has 34 heavy (non-hydrogen) atoms. The highest BCUT2D eigenvalue weighted by Crippen LogP contribution is 2.33. The summed E-state index contributed by atoms with van der Waals surface area (Å²) in [4.78, 5) is 15.4. The molecule has 2 N–H and O–H groups in total. The molecule has 4 rings (SSSR count). The van der Waals surface area contributed by atoms with Crippen molar-refractivity contribution in [1.82, 2.24) is 4.98 Å². The third kappa shape index (κ3) is 5.04. The number of aromatic carboxylic acids is 1. The van der Waals surface area contributed by atoms with Crippen LogP contribution in [-0.4, -0.2) is 27.0 Å². The summed E-state index contributed by atoms with van der Waals surface area (Å²) >= 11 is 0. The maximum Gasteiger partial charge on any atom is 0.335 e. The van der Waals surface area contributed by atoms with Crippen LogP contribution in [0.5, 0.6) is 0 Å². The number of oxime groups is 1. The van der Waals surface area contributed by atoms with Gasteiger partial charge in [0.05, 0.1) is 11.3 Å². The molecule has 0 bridgehead atoms. The Balaban J connectivity index is 1.69. The molecular weight excluding hydrogens is 424 g/mol. The van der Waals surface area contributed by atoms with E-state index in [0.29, 0.717) is 12.1 Å². The number of nitrogens with zero attached hydrogens (tertiary/aromatic N) is 2. The fourth-order valence-electron chi connectivity index (χ4n) is 4.23. The van der Waals surface area contributed by atoms with Crippen molar-refractivity contribution >= 4 is 11.7 Å². The monoisotopic (exact) mass is 450 g/mol. The minimum absolute atomic E-state index is 0.0102. The van der Waals surface area contributed by atoms with Crippen LogP contribution in [0.4, 0.5) is 0 Å². The third-order valence-electron chi connectivity index (χ3n) is 6.09. The van der Waals surface area contributed by atoms with Gasteiger partial charge in [0, 0.05) is 29.8 Å². The van der Waals surface area contributed by atoms with E-state index in [1.165, 1.54) is 11.1 Å². The van der Waals surface area contributed by atoms with Crippen molar-refractivity contribution in [3.63, 3.8) is 0 Å². The zero-order valence-corrected chi connectivity index (χ0v) is 19.1. The van der Waals surface area contributed by atoms with E-state index in [-0.39, 0.29) is 11.5 Å². The molecule has 0 radical (unpaired) electrons. The molecule has 1 aromatic heterocycles. The SMILES string of the molecule is Cc1cc(C(CC(c2ccc(-c3ccc(C(=O)O)cc3)cc2)c2ccccc2C)=NO)ccn1. The quantitative estimate of drug-likeness (QED) is 0.192. The Kier molecular flexibility index (Phi) is 6.83. The first kappa shape index (κ1) is 22.9. The number of hydrogen-bond donors (Lipinski definition) is 2. The number of carbonyl (C=O) groups is 1. The lowest BCUT2D eigenvalue weighted by Crippen LogP contribution is -2.12. The lowest BCUT2D eigenvalue weighted by Gasteiger charge is -2.21. The van der Waals surface area contributed by atoms with E-state index in [1.807, 2.05) is 55.5 Å². The van der Waals surface area contributed by atoms with E-state index in [0.717, 1.165) is 27.9 Å². The fourth-order valence-corrected chi connectivity index (χ4v) is 4.23. The van der Waals surface area contributed by atoms with Gasteiger partial charge in [-0.2, -0.15) is 0 Å². The van der Waals surface area contributed by atoms with Crippen LogP contribution in [-0.2, 0) is 0 Å². The van der Waals surface area contributed by atoms with Crippen LogP contribution in [0.3, 0.4) is 0 Å². The summed E-state index contributed by atoms with van der Waals surface area (Å²) in [5, 5.41) is 22.6. The molecule has 5 heteroatoms. The normalized spacial score (nSPS) is 12.4. The van der Waals surface area contributed by atoms with Gasteiger partial charge in [0.2, 0.25) is 0 Å². The summed E-state index contributed by atoms with van der Waals surface area (Å²) in [5.74, 6) is -0.947. The summed E-state index contributed by atoms with van der Waals surface area (Å²) in [7, 11) is 0. The summed E-state index contributed by atoms with van der Waals surface area (Å²) in [6, 6.07) is 27.2. The van der Waals surface area contributed by atoms with Crippen molar-refractivity contribution in [3.8, 4) is 11.1 Å². The molecule has 0 amide bonds. The molecule has 5 nitrogen and oxygen atoms in total. The molecule has 0 saturated heterocycles. The zero-order valence-electron chi connectivity index (χ0n) is 19.1. The van der Waals surface area contributed by atoms with Gasteiger partial charge in [-0.1, -0.05) is 65.8 Å². The maximum absolute atomic E-state index is 11.1. The molecule has 4 aromatic rings. The van der Waals surface area contributed by atoms with Gasteiger partial charge in [-0.3, -0.25) is 4.98 Å². The minimum atomic E-state index is -0.936. The smallest absolute Gasteiger partial charge is 0.335 e. The first-order valence-corrected chi connectivity index (χ1v) is 11.1. The predicted molar refractivity (Wildman–Crippen MR) is 134 cm³/mol. The minimum Gasteiger partial charge on any atom is -0.478 e. The van der Waals surface area contributed by atoms with Crippen LogP contribution in [0.25, 0.3) is 11.1 Å². The number of carboxylic acid groups (broad SMARTS) is 1. The van der Waals surface area contributed by atoms with Crippen molar-refractivity contribution < 1.29 is 15.1 Å². The molecule has 170 valence electrons. The van der Waals surface area contributed by atoms with Crippen molar-refractivity contribution in [2.24, 2.45) is 5.16 Å². The van der Waals surface area contributed by atoms with Crippen LogP contribution in [0.1, 0.15) is 50.6 Å². The lowest BCUT2D eigenvalue weighted by atomic mass is 9.83. The van der Waals surface area contributed by atoms with Crippen LogP contribution >= 0.6 is 0 Å². The van der Waals surface area contributed by atoms with Crippen molar-refractivity contribution in [2.75, 3.05) is 0 Å². The van der Waals surface area contributed by atoms with Gasteiger partial charge in [0.25, 0.3) is 0 Å². The summed E-state index contributed by atoms with van der Waals surface area (Å²) in [6.45, 7) is 4.01. The second kappa shape index (κ2) is 10.1. The fraction of sp³-hybridized carbons (Fsp3) is 0.138. The highest BCUT2D eigenvalue weighted by Gasteiger charge is 2.20. The average Bonchev–Trinajstić information content (AvgIpc) is 2.86. The van der Waals surface area contributed by atoms with E-state index < -0.39 is 5.97 Å². The number of aryl methyl sites for hydroxylation is 2. The zero-order chi connectivity index (χ0) is 24.1. The number of carboxylic acids is 1. The Bertz CT molecular complexity index is 1330. The largest absolute Gasteiger partial charge is 0.478 e. The highest BCUT2D eigenvalue weighted by atomic mass is 16.4. The summed E-state index contributed by atoms with van der Waals surface area (Å²) < 4.78 is 0. The Hall–Kier alpha value is -4.25. The first-order chi connectivity index (χ1) is 16.5. The molecule has 1 atom stereocenters. The van der Waals surface area contributed by atoms with Crippen LogP contribution in [0.15, 0.2) is 96.3 Å². The van der Waals surface area contributed by atoms with E-state index in [4.69, 9.17) is 5.11 Å². The Morgan fingerprint density at radius 2 is 1.53 bits per heavy atom. The number of hydrogen-bond acceptors (Lipinski definition) is 4. The predicted octanol–water partition coefficient (Wildman–Crippen LogP) is 6.46. The van der Waals surface area contributed by atoms with Crippen molar-refractivity contribution in [1.29, 1.82) is 0 Å². The molecule has 3 aromatic carbocycles. The van der Waals surface area contributed by atoms with Gasteiger partial charge < -0.3 is 10.3 Å². The molecule has 1 heterocycles. The van der Waals surface area contributed by atoms with Gasteiger partial charge in [0.1, 0.15) is 0 Å². The summed E-state index contributed by atoms with van der Waals surface area (Å²) in [5.41, 5.74) is 7.99. The summed E-state index contributed by atoms with van der Waals surface area (Å²) in [6.07, 6.45) is 2.25. The Morgan fingerprint density at radius 3 is 2.12 bits per heavy atom. The maximum atomic E-state index is 11.1. The number of benzene rings is 3. The number of aromatic nitrogens is 1. The van der Waals surface area contributed by atoms with Gasteiger partial charge in [0.15, 0.2) is 0 Å². The molecule has 0 aliphatic carbocycles. The Labute approximate surface area is 199 Å². The topological polar surface area (TPSA) is 82.8 Å². The molecular formula is C29H26N2O3. The standard InChI is InChI=1S/C29H26N2O3/c1-19-5-3-4-6-26(19)27(18-28(31-34)25-15-16-30-20(2)17-25)23-11-7-21(8-12-23)22-9-13-24(14-10-22)29(32)33/h3-17,27,34H,18H2,1-2H3,(H,32,33). The second-order valence-corrected chi connectivity index (χ2v) is 8.35. The van der Waals surface area contributed by atoms with E-state index >= 15 is 0 Å². The van der Waals surface area contributed by atoms with Gasteiger partial charge in [-0.15, -0.1) is 0 Å². The molecule has 0 fully saturated rings. The van der Waals surface area contributed by atoms with E-state index in [1.54, 1.807) is 18.3 Å². The number of rotatable bonds is 7. The van der Waals surface area contributed by atoms with Gasteiger partial charge >= 0.3 is 5.97 Å². The van der Waals surface area contributed by atoms with Crippen LogP contribution in [0, 0.1) is 13.8 Å². The average molecular weight is 451 g/mol. The van der Waals surface area contributed by atoms with Crippen molar-refractivity contribution in [2.45, 2.75) is 26.2 Å². The van der Waals surface area contributed by atoms with Crippen LogP contribution in [0.2, 0.25) is 0 Å². The van der Waals surface area contributed by atoms with Crippen LogP contribution < -0.4 is 0 Å². The first-order valence-electron chi connectivity index (χ1n) is 11.1. The third-order valence-corrected chi connectivity index (χ3v) is 6.09.